The molecule has 0 saturated carbocycles. The predicted octanol–water partition coefficient (Wildman–Crippen LogP) is 2.69. The van der Waals surface area contributed by atoms with Gasteiger partial charge < -0.3 is 9.80 Å². The van der Waals surface area contributed by atoms with E-state index >= 15 is 0 Å². The number of hydrogen-bond donors (Lipinski definition) is 1. The van der Waals surface area contributed by atoms with Crippen molar-refractivity contribution in [3.8, 4) is 0 Å². The standard InChI is InChI=1S/C19H26N8/c1-5-11-26(12-6-1)18-22-17(25-21-15-16-9-3-4-10-20-16)23-19(24-18)27-13-7-2-8-14-27/h3-4,9-10,15H,1-2,5-8,11-14H2,(H,22,23,24,25)/b21-15-. The van der Waals surface area contributed by atoms with E-state index in [1.54, 1.807) is 12.4 Å². The van der Waals surface area contributed by atoms with Crippen molar-refractivity contribution in [1.29, 1.82) is 0 Å². The van der Waals surface area contributed by atoms with Crippen LogP contribution in [0.3, 0.4) is 0 Å². The van der Waals surface area contributed by atoms with Crippen LogP contribution in [-0.4, -0.2) is 52.3 Å². The van der Waals surface area contributed by atoms with Crippen LogP contribution in [-0.2, 0) is 0 Å². The van der Waals surface area contributed by atoms with Gasteiger partial charge in [0.05, 0.1) is 11.9 Å². The zero-order chi connectivity index (χ0) is 18.3. The van der Waals surface area contributed by atoms with Gasteiger partial charge in [-0.1, -0.05) is 6.07 Å². The summed E-state index contributed by atoms with van der Waals surface area (Å²) in [4.78, 5) is 22.7. The van der Waals surface area contributed by atoms with Crippen molar-refractivity contribution < 1.29 is 0 Å². The predicted molar refractivity (Wildman–Crippen MR) is 107 cm³/mol. The van der Waals surface area contributed by atoms with E-state index in [2.05, 4.69) is 35.3 Å². The highest BCUT2D eigenvalue weighted by atomic mass is 15.4. The Bertz CT molecular complexity index is 715. The molecule has 4 rings (SSSR count). The topological polar surface area (TPSA) is 82.4 Å². The molecule has 2 fully saturated rings. The fourth-order valence-corrected chi connectivity index (χ4v) is 3.48. The molecule has 2 saturated heterocycles. The summed E-state index contributed by atoms with van der Waals surface area (Å²) in [6.07, 6.45) is 10.7. The lowest BCUT2D eigenvalue weighted by molar-refractivity contribution is 0.556. The van der Waals surface area contributed by atoms with Crippen LogP contribution in [0.25, 0.3) is 0 Å². The smallest absolute Gasteiger partial charge is 0.250 e. The molecule has 2 aromatic rings. The number of aromatic nitrogens is 4. The third-order valence-corrected chi connectivity index (χ3v) is 4.94. The first-order valence-corrected chi connectivity index (χ1v) is 9.84. The van der Waals surface area contributed by atoms with Crippen LogP contribution < -0.4 is 15.2 Å². The molecule has 0 spiro atoms. The van der Waals surface area contributed by atoms with Crippen LogP contribution in [0.4, 0.5) is 17.8 Å². The molecular weight excluding hydrogens is 340 g/mol. The molecule has 2 aliphatic heterocycles. The minimum atomic E-state index is 0.485. The van der Waals surface area contributed by atoms with Gasteiger partial charge in [-0.3, -0.25) is 4.98 Å². The lowest BCUT2D eigenvalue weighted by Crippen LogP contribution is -2.34. The van der Waals surface area contributed by atoms with Gasteiger partial charge in [-0.25, -0.2) is 5.43 Å². The van der Waals surface area contributed by atoms with E-state index in [0.29, 0.717) is 5.95 Å². The second-order valence-electron chi connectivity index (χ2n) is 6.98. The second kappa shape index (κ2) is 8.75. The van der Waals surface area contributed by atoms with Crippen molar-refractivity contribution in [3.05, 3.63) is 30.1 Å². The van der Waals surface area contributed by atoms with Crippen LogP contribution in [0.2, 0.25) is 0 Å². The summed E-state index contributed by atoms with van der Waals surface area (Å²) in [6, 6.07) is 5.71. The van der Waals surface area contributed by atoms with E-state index in [1.807, 2.05) is 18.2 Å². The molecular formula is C19H26N8. The normalized spacial score (nSPS) is 18.1. The Balaban J connectivity index is 1.55. The summed E-state index contributed by atoms with van der Waals surface area (Å²) in [6.45, 7) is 4.00. The molecule has 0 aromatic carbocycles. The van der Waals surface area contributed by atoms with Crippen LogP contribution in [0.1, 0.15) is 44.2 Å². The summed E-state index contributed by atoms with van der Waals surface area (Å²) < 4.78 is 0. The first-order valence-electron chi connectivity index (χ1n) is 9.84. The van der Waals surface area contributed by atoms with Gasteiger partial charge in [-0.05, 0) is 50.7 Å². The van der Waals surface area contributed by atoms with E-state index < -0.39 is 0 Å². The van der Waals surface area contributed by atoms with Gasteiger partial charge in [-0.15, -0.1) is 0 Å². The van der Waals surface area contributed by atoms with Crippen molar-refractivity contribution in [2.45, 2.75) is 38.5 Å². The highest BCUT2D eigenvalue weighted by Crippen LogP contribution is 2.22. The molecule has 0 radical (unpaired) electrons. The molecule has 1 N–H and O–H groups in total. The third kappa shape index (κ3) is 4.69. The maximum atomic E-state index is 4.77. The number of piperidine rings is 2. The summed E-state index contributed by atoms with van der Waals surface area (Å²) in [5.41, 5.74) is 3.75. The molecule has 0 atom stereocenters. The van der Waals surface area contributed by atoms with Crippen LogP contribution in [0, 0.1) is 0 Å². The van der Waals surface area contributed by atoms with Gasteiger partial charge >= 0.3 is 0 Å². The van der Waals surface area contributed by atoms with Crippen molar-refractivity contribution in [2.75, 3.05) is 41.4 Å². The minimum absolute atomic E-state index is 0.485. The Hall–Kier alpha value is -2.77. The number of nitrogens with one attached hydrogen (secondary N) is 1. The molecule has 142 valence electrons. The number of pyridine rings is 1. The average molecular weight is 366 g/mol. The Morgan fingerprint density at radius 2 is 1.44 bits per heavy atom. The van der Waals surface area contributed by atoms with E-state index in [1.165, 1.54) is 38.5 Å². The molecule has 0 amide bonds. The van der Waals surface area contributed by atoms with Crippen molar-refractivity contribution in [2.24, 2.45) is 5.10 Å². The van der Waals surface area contributed by atoms with Gasteiger partial charge in [0, 0.05) is 32.4 Å². The number of hydrazone groups is 1. The van der Waals surface area contributed by atoms with Crippen molar-refractivity contribution in [1.82, 2.24) is 19.9 Å². The summed E-state index contributed by atoms with van der Waals surface area (Å²) in [7, 11) is 0. The fraction of sp³-hybridized carbons (Fsp3) is 0.526. The number of rotatable bonds is 5. The zero-order valence-corrected chi connectivity index (χ0v) is 15.6. The van der Waals surface area contributed by atoms with Gasteiger partial charge in [0.25, 0.3) is 0 Å². The molecule has 8 heteroatoms. The number of nitrogens with zero attached hydrogens (tertiary/aromatic N) is 7. The SMILES string of the molecule is C(=N/Nc1nc(N2CCCCC2)nc(N2CCCCC2)n1)/c1ccccn1. The first kappa shape index (κ1) is 17.6. The minimum Gasteiger partial charge on any atom is -0.341 e. The quantitative estimate of drug-likeness (QED) is 0.643. The monoisotopic (exact) mass is 366 g/mol. The van der Waals surface area contributed by atoms with E-state index in [4.69, 9.17) is 4.98 Å². The van der Waals surface area contributed by atoms with Gasteiger partial charge in [0.2, 0.25) is 17.8 Å². The Kier molecular flexibility index (Phi) is 5.71. The van der Waals surface area contributed by atoms with E-state index in [-0.39, 0.29) is 0 Å². The third-order valence-electron chi connectivity index (χ3n) is 4.94. The summed E-state index contributed by atoms with van der Waals surface area (Å²) >= 11 is 0. The lowest BCUT2D eigenvalue weighted by Gasteiger charge is -2.30. The molecule has 0 aliphatic carbocycles. The molecule has 2 aliphatic rings. The number of hydrogen-bond acceptors (Lipinski definition) is 8. The highest BCUT2D eigenvalue weighted by Gasteiger charge is 2.20. The fourth-order valence-electron chi connectivity index (χ4n) is 3.48. The molecule has 8 nitrogen and oxygen atoms in total. The molecule has 0 unspecified atom stereocenters. The Morgan fingerprint density at radius 3 is 2.00 bits per heavy atom. The summed E-state index contributed by atoms with van der Waals surface area (Å²) in [5.74, 6) is 1.99. The lowest BCUT2D eigenvalue weighted by atomic mass is 10.1. The molecule has 27 heavy (non-hydrogen) atoms. The second-order valence-corrected chi connectivity index (χ2v) is 6.98. The number of anilines is 3. The van der Waals surface area contributed by atoms with E-state index in [9.17, 15) is 0 Å². The first-order chi connectivity index (χ1) is 13.4. The molecule has 4 heterocycles. The van der Waals surface area contributed by atoms with Crippen molar-refractivity contribution >= 4 is 24.1 Å². The van der Waals surface area contributed by atoms with Gasteiger partial charge in [0.1, 0.15) is 0 Å². The largest absolute Gasteiger partial charge is 0.341 e. The Labute approximate surface area is 159 Å². The van der Waals surface area contributed by atoms with Crippen molar-refractivity contribution in [3.63, 3.8) is 0 Å². The molecule has 0 bridgehead atoms. The highest BCUT2D eigenvalue weighted by molar-refractivity contribution is 5.77. The molecule has 2 aromatic heterocycles. The van der Waals surface area contributed by atoms with E-state index in [0.717, 1.165) is 43.8 Å². The van der Waals surface area contributed by atoms with Gasteiger partial charge in [0.15, 0.2) is 0 Å². The average Bonchev–Trinajstić information content (AvgIpc) is 2.76. The van der Waals surface area contributed by atoms with Crippen LogP contribution in [0.5, 0.6) is 0 Å². The van der Waals surface area contributed by atoms with Crippen LogP contribution in [0.15, 0.2) is 29.5 Å². The Morgan fingerprint density at radius 1 is 0.815 bits per heavy atom. The van der Waals surface area contributed by atoms with Gasteiger partial charge in [-0.2, -0.15) is 20.1 Å². The maximum absolute atomic E-state index is 4.77. The maximum Gasteiger partial charge on any atom is 0.250 e. The summed E-state index contributed by atoms with van der Waals surface area (Å²) in [5, 5.41) is 4.26. The zero-order valence-electron chi connectivity index (χ0n) is 15.6. The van der Waals surface area contributed by atoms with Crippen LogP contribution >= 0.6 is 0 Å².